The third-order valence-corrected chi connectivity index (χ3v) is 4.27. The van der Waals surface area contributed by atoms with E-state index in [1.807, 2.05) is 0 Å². The summed E-state index contributed by atoms with van der Waals surface area (Å²) in [6.07, 6.45) is 1.94. The Morgan fingerprint density at radius 1 is 0.650 bits per heavy atom. The molecular formula is C14H34N6. The van der Waals surface area contributed by atoms with Gasteiger partial charge in [-0.25, -0.2) is 0 Å². The molecule has 1 fully saturated rings. The van der Waals surface area contributed by atoms with Crippen molar-refractivity contribution in [1.29, 1.82) is 0 Å². The van der Waals surface area contributed by atoms with E-state index in [4.69, 9.17) is 11.5 Å². The second-order valence-electron chi connectivity index (χ2n) is 6.14. The van der Waals surface area contributed by atoms with E-state index < -0.39 is 0 Å². The van der Waals surface area contributed by atoms with Crippen molar-refractivity contribution >= 4 is 0 Å². The van der Waals surface area contributed by atoms with Gasteiger partial charge in [0.05, 0.1) is 0 Å². The maximum atomic E-state index is 6.39. The minimum absolute atomic E-state index is 0.162. The Hall–Kier alpha value is -0.240. The first-order chi connectivity index (χ1) is 9.54. The van der Waals surface area contributed by atoms with E-state index in [1.165, 1.54) is 0 Å². The summed E-state index contributed by atoms with van der Waals surface area (Å²) in [6, 6.07) is 0. The van der Waals surface area contributed by atoms with Crippen molar-refractivity contribution in [2.75, 3.05) is 52.4 Å². The Morgan fingerprint density at radius 2 is 0.900 bits per heavy atom. The van der Waals surface area contributed by atoms with Crippen molar-refractivity contribution in [3.05, 3.63) is 0 Å². The van der Waals surface area contributed by atoms with E-state index in [0.29, 0.717) is 0 Å². The molecule has 120 valence electrons. The van der Waals surface area contributed by atoms with Crippen LogP contribution in [0, 0.1) is 0 Å². The summed E-state index contributed by atoms with van der Waals surface area (Å²) in [5.41, 5.74) is 12.5. The molecule has 0 aliphatic carbocycles. The summed E-state index contributed by atoms with van der Waals surface area (Å²) >= 11 is 0. The number of hydrogen-bond donors (Lipinski definition) is 6. The lowest BCUT2D eigenvalue weighted by Gasteiger charge is -2.31. The topological polar surface area (TPSA) is 100 Å². The fourth-order valence-corrected chi connectivity index (χ4v) is 2.33. The van der Waals surface area contributed by atoms with Crippen LogP contribution in [0.3, 0.4) is 0 Å². The monoisotopic (exact) mass is 286 g/mol. The van der Waals surface area contributed by atoms with Crippen LogP contribution >= 0.6 is 0 Å². The van der Waals surface area contributed by atoms with Gasteiger partial charge in [0, 0.05) is 63.4 Å². The molecular weight excluding hydrogens is 252 g/mol. The van der Waals surface area contributed by atoms with Crippen molar-refractivity contribution < 1.29 is 0 Å². The van der Waals surface area contributed by atoms with Crippen LogP contribution in [-0.4, -0.2) is 63.4 Å². The van der Waals surface area contributed by atoms with E-state index in [2.05, 4.69) is 35.1 Å². The molecule has 0 aromatic heterocycles. The maximum absolute atomic E-state index is 6.39. The predicted molar refractivity (Wildman–Crippen MR) is 85.9 cm³/mol. The zero-order chi connectivity index (χ0) is 14.9. The van der Waals surface area contributed by atoms with Gasteiger partial charge in [0.15, 0.2) is 0 Å². The van der Waals surface area contributed by atoms with Crippen molar-refractivity contribution in [2.45, 2.75) is 37.8 Å². The lowest BCUT2D eigenvalue weighted by atomic mass is 9.96. The third kappa shape index (κ3) is 6.47. The molecule has 1 saturated heterocycles. The first kappa shape index (κ1) is 17.8. The molecule has 0 aromatic carbocycles. The minimum Gasteiger partial charge on any atom is -0.323 e. The Bertz CT molecular complexity index is 216. The zero-order valence-electron chi connectivity index (χ0n) is 13.2. The van der Waals surface area contributed by atoms with Crippen LogP contribution in [0.2, 0.25) is 0 Å². The predicted octanol–water partition coefficient (Wildman–Crippen LogP) is -1.43. The molecule has 1 rings (SSSR count). The van der Waals surface area contributed by atoms with Crippen molar-refractivity contribution in [3.63, 3.8) is 0 Å². The van der Waals surface area contributed by atoms with Gasteiger partial charge in [0.1, 0.15) is 0 Å². The molecule has 1 aliphatic rings. The fourth-order valence-electron chi connectivity index (χ4n) is 2.33. The zero-order valence-corrected chi connectivity index (χ0v) is 13.2. The molecule has 20 heavy (non-hydrogen) atoms. The molecule has 0 aromatic rings. The average molecular weight is 286 g/mol. The van der Waals surface area contributed by atoms with E-state index in [-0.39, 0.29) is 11.1 Å². The fraction of sp³-hybridized carbons (Fsp3) is 1.00. The SMILES string of the molecule is CCC1(N)CNCCNCC(N)(CC)CNCCNC1. The Morgan fingerprint density at radius 3 is 1.10 bits per heavy atom. The van der Waals surface area contributed by atoms with Gasteiger partial charge < -0.3 is 32.7 Å². The van der Waals surface area contributed by atoms with Crippen LogP contribution in [0.1, 0.15) is 26.7 Å². The second kappa shape index (κ2) is 8.92. The number of nitrogens with one attached hydrogen (secondary N) is 4. The van der Waals surface area contributed by atoms with Gasteiger partial charge in [-0.15, -0.1) is 0 Å². The standard InChI is InChI=1S/C14H34N6/c1-3-13(15)9-17-5-7-19-11-14(16,4-2)12-20-8-6-18-10-13/h17-20H,3-12,15-16H2,1-2H3. The number of rotatable bonds is 2. The average Bonchev–Trinajstić information content (AvgIpc) is 2.46. The summed E-state index contributed by atoms with van der Waals surface area (Å²) in [6.45, 7) is 11.3. The van der Waals surface area contributed by atoms with Crippen LogP contribution < -0.4 is 32.7 Å². The number of nitrogens with two attached hydrogens (primary N) is 2. The molecule has 0 atom stereocenters. The number of hydrogen-bond acceptors (Lipinski definition) is 6. The summed E-state index contributed by atoms with van der Waals surface area (Å²) in [4.78, 5) is 0. The van der Waals surface area contributed by atoms with E-state index in [0.717, 1.165) is 65.2 Å². The second-order valence-corrected chi connectivity index (χ2v) is 6.14. The quantitative estimate of drug-likeness (QED) is 0.372. The van der Waals surface area contributed by atoms with E-state index in [1.54, 1.807) is 0 Å². The van der Waals surface area contributed by atoms with Gasteiger partial charge in [-0.1, -0.05) is 13.8 Å². The molecule has 6 heteroatoms. The molecule has 0 amide bonds. The molecule has 1 aliphatic heterocycles. The third-order valence-electron chi connectivity index (χ3n) is 4.27. The first-order valence-electron chi connectivity index (χ1n) is 7.94. The largest absolute Gasteiger partial charge is 0.323 e. The first-order valence-corrected chi connectivity index (χ1v) is 7.94. The van der Waals surface area contributed by atoms with E-state index >= 15 is 0 Å². The van der Waals surface area contributed by atoms with Crippen molar-refractivity contribution in [3.8, 4) is 0 Å². The van der Waals surface area contributed by atoms with Gasteiger partial charge in [-0.3, -0.25) is 0 Å². The molecule has 0 saturated carbocycles. The lowest BCUT2D eigenvalue weighted by Crippen LogP contribution is -2.58. The Balaban J connectivity index is 2.45. The van der Waals surface area contributed by atoms with Crippen LogP contribution in [0.4, 0.5) is 0 Å². The van der Waals surface area contributed by atoms with Gasteiger partial charge in [0.2, 0.25) is 0 Å². The van der Waals surface area contributed by atoms with Crippen molar-refractivity contribution in [2.24, 2.45) is 11.5 Å². The molecule has 0 unspecified atom stereocenters. The highest BCUT2D eigenvalue weighted by Gasteiger charge is 2.23. The minimum atomic E-state index is -0.162. The summed E-state index contributed by atoms with van der Waals surface area (Å²) < 4.78 is 0. The molecule has 0 spiro atoms. The summed E-state index contributed by atoms with van der Waals surface area (Å²) in [5.74, 6) is 0. The highest BCUT2D eigenvalue weighted by Crippen LogP contribution is 2.04. The lowest BCUT2D eigenvalue weighted by molar-refractivity contribution is 0.333. The van der Waals surface area contributed by atoms with Gasteiger partial charge in [0.25, 0.3) is 0 Å². The van der Waals surface area contributed by atoms with Gasteiger partial charge in [-0.2, -0.15) is 0 Å². The highest BCUT2D eigenvalue weighted by molar-refractivity contribution is 4.90. The van der Waals surface area contributed by atoms with Crippen LogP contribution in [0.25, 0.3) is 0 Å². The molecule has 0 radical (unpaired) electrons. The normalized spacial score (nSPS) is 35.4. The Labute approximate surface area is 123 Å². The smallest absolute Gasteiger partial charge is 0.0404 e. The highest BCUT2D eigenvalue weighted by atomic mass is 15.1. The van der Waals surface area contributed by atoms with E-state index in [9.17, 15) is 0 Å². The van der Waals surface area contributed by atoms with Crippen molar-refractivity contribution in [1.82, 2.24) is 21.3 Å². The van der Waals surface area contributed by atoms with Crippen LogP contribution in [0.15, 0.2) is 0 Å². The summed E-state index contributed by atoms with van der Waals surface area (Å²) in [7, 11) is 0. The molecule has 0 bridgehead atoms. The molecule has 6 nitrogen and oxygen atoms in total. The van der Waals surface area contributed by atoms with Gasteiger partial charge in [-0.05, 0) is 12.8 Å². The molecule has 1 heterocycles. The maximum Gasteiger partial charge on any atom is 0.0404 e. The van der Waals surface area contributed by atoms with Gasteiger partial charge >= 0.3 is 0 Å². The summed E-state index contributed by atoms with van der Waals surface area (Å²) in [5, 5.41) is 13.8. The van der Waals surface area contributed by atoms with Crippen LogP contribution in [-0.2, 0) is 0 Å². The van der Waals surface area contributed by atoms with Crippen LogP contribution in [0.5, 0.6) is 0 Å². The Kier molecular flexibility index (Phi) is 7.94. The molecule has 8 N–H and O–H groups in total.